The SMILES string of the molecule is CC(=O)N(CC(=O)N(C)C1CCS(=O)(=O)C1)c1ccc(N(C)C)cc1. The van der Waals surface area contributed by atoms with Gasteiger partial charge in [-0.05, 0) is 30.7 Å². The molecule has 0 bridgehead atoms. The maximum absolute atomic E-state index is 12.5. The minimum absolute atomic E-state index is 0.00710. The topological polar surface area (TPSA) is 78.0 Å². The summed E-state index contributed by atoms with van der Waals surface area (Å²) in [6.45, 7) is 1.30. The summed E-state index contributed by atoms with van der Waals surface area (Å²) in [4.78, 5) is 29.3. The summed E-state index contributed by atoms with van der Waals surface area (Å²) < 4.78 is 23.2. The average molecular weight is 367 g/mol. The molecule has 0 aliphatic carbocycles. The van der Waals surface area contributed by atoms with Crippen LogP contribution in [-0.4, -0.2) is 70.4 Å². The zero-order chi connectivity index (χ0) is 18.8. The third-order valence-corrected chi connectivity index (χ3v) is 6.25. The van der Waals surface area contributed by atoms with E-state index in [1.807, 2.05) is 31.1 Å². The Morgan fingerprint density at radius 2 is 1.64 bits per heavy atom. The van der Waals surface area contributed by atoms with Gasteiger partial charge in [-0.2, -0.15) is 0 Å². The minimum Gasteiger partial charge on any atom is -0.378 e. The lowest BCUT2D eigenvalue weighted by molar-refractivity contribution is -0.131. The fraction of sp³-hybridized carbons (Fsp3) is 0.529. The number of nitrogens with zero attached hydrogens (tertiary/aromatic N) is 3. The van der Waals surface area contributed by atoms with Gasteiger partial charge in [0.1, 0.15) is 6.54 Å². The fourth-order valence-electron chi connectivity index (χ4n) is 2.85. The number of hydrogen-bond donors (Lipinski definition) is 0. The molecule has 0 N–H and O–H groups in total. The monoisotopic (exact) mass is 367 g/mol. The second-order valence-corrected chi connectivity index (χ2v) is 8.81. The Morgan fingerprint density at radius 1 is 1.08 bits per heavy atom. The molecule has 25 heavy (non-hydrogen) atoms. The lowest BCUT2D eigenvalue weighted by Crippen LogP contribution is -2.45. The van der Waals surface area contributed by atoms with Crippen molar-refractivity contribution >= 4 is 33.0 Å². The van der Waals surface area contributed by atoms with Gasteiger partial charge in [0.25, 0.3) is 0 Å². The van der Waals surface area contributed by atoms with Crippen molar-refractivity contribution in [3.63, 3.8) is 0 Å². The summed E-state index contributed by atoms with van der Waals surface area (Å²) in [7, 11) is 2.38. The molecular weight excluding hydrogens is 342 g/mol. The molecule has 0 saturated carbocycles. The summed E-state index contributed by atoms with van der Waals surface area (Å²) in [6, 6.07) is 7.03. The van der Waals surface area contributed by atoms with Gasteiger partial charge in [0, 0.05) is 45.5 Å². The predicted octanol–water partition coefficient (Wildman–Crippen LogP) is 0.751. The predicted molar refractivity (Wildman–Crippen MR) is 98.6 cm³/mol. The van der Waals surface area contributed by atoms with Crippen LogP contribution in [0, 0.1) is 0 Å². The van der Waals surface area contributed by atoms with Gasteiger partial charge in [-0.3, -0.25) is 9.59 Å². The van der Waals surface area contributed by atoms with Gasteiger partial charge in [-0.15, -0.1) is 0 Å². The summed E-state index contributed by atoms with van der Waals surface area (Å²) in [6.07, 6.45) is 0.447. The molecule has 7 nitrogen and oxygen atoms in total. The number of benzene rings is 1. The number of sulfone groups is 1. The van der Waals surface area contributed by atoms with Crippen LogP contribution >= 0.6 is 0 Å². The Balaban J connectivity index is 2.10. The third-order valence-electron chi connectivity index (χ3n) is 4.50. The Bertz CT molecular complexity index is 744. The third kappa shape index (κ3) is 4.72. The van der Waals surface area contributed by atoms with Gasteiger partial charge in [0.2, 0.25) is 11.8 Å². The van der Waals surface area contributed by atoms with Gasteiger partial charge in [-0.25, -0.2) is 8.42 Å². The first-order valence-corrected chi connectivity index (χ1v) is 9.94. The van der Waals surface area contributed by atoms with Crippen LogP contribution < -0.4 is 9.80 Å². The Labute approximate surface area is 149 Å². The summed E-state index contributed by atoms with van der Waals surface area (Å²) >= 11 is 0. The van der Waals surface area contributed by atoms with E-state index in [4.69, 9.17) is 0 Å². The molecule has 0 radical (unpaired) electrons. The van der Waals surface area contributed by atoms with Crippen LogP contribution in [0.4, 0.5) is 11.4 Å². The molecule has 1 aliphatic heterocycles. The van der Waals surface area contributed by atoms with Crippen molar-refractivity contribution in [2.45, 2.75) is 19.4 Å². The largest absolute Gasteiger partial charge is 0.378 e. The van der Waals surface area contributed by atoms with Crippen molar-refractivity contribution in [2.24, 2.45) is 0 Å². The van der Waals surface area contributed by atoms with Crippen molar-refractivity contribution in [1.29, 1.82) is 0 Å². The average Bonchev–Trinajstić information content (AvgIpc) is 2.91. The van der Waals surface area contributed by atoms with Crippen LogP contribution in [0.5, 0.6) is 0 Å². The number of likely N-dealkylation sites (N-methyl/N-ethyl adjacent to an activating group) is 1. The highest BCUT2D eigenvalue weighted by atomic mass is 32.2. The van der Waals surface area contributed by atoms with Gasteiger partial charge < -0.3 is 14.7 Å². The molecule has 8 heteroatoms. The maximum Gasteiger partial charge on any atom is 0.242 e. The highest BCUT2D eigenvalue weighted by Crippen LogP contribution is 2.21. The van der Waals surface area contributed by atoms with Crippen LogP contribution in [0.1, 0.15) is 13.3 Å². The van der Waals surface area contributed by atoms with Crippen molar-refractivity contribution in [2.75, 3.05) is 49.0 Å². The van der Waals surface area contributed by atoms with E-state index < -0.39 is 9.84 Å². The summed E-state index contributed by atoms with van der Waals surface area (Å²) in [5.74, 6) is -0.405. The lowest BCUT2D eigenvalue weighted by atomic mass is 10.2. The number of anilines is 2. The number of carbonyl (C=O) groups is 2. The first-order valence-electron chi connectivity index (χ1n) is 8.12. The van der Waals surface area contributed by atoms with Gasteiger partial charge in [0.05, 0.1) is 11.5 Å². The highest BCUT2D eigenvalue weighted by Gasteiger charge is 2.33. The Kier molecular flexibility index (Phi) is 5.72. The van der Waals surface area contributed by atoms with E-state index in [1.165, 1.54) is 16.7 Å². The first kappa shape index (κ1) is 19.2. The second-order valence-electron chi connectivity index (χ2n) is 6.58. The summed E-state index contributed by atoms with van der Waals surface area (Å²) in [5, 5.41) is 0. The van der Waals surface area contributed by atoms with E-state index in [2.05, 4.69) is 0 Å². The van der Waals surface area contributed by atoms with Crippen molar-refractivity contribution in [3.05, 3.63) is 24.3 Å². The number of amides is 2. The molecule has 1 heterocycles. The molecular formula is C17H25N3O4S. The van der Waals surface area contributed by atoms with Gasteiger partial charge in [-0.1, -0.05) is 0 Å². The van der Waals surface area contributed by atoms with E-state index in [1.54, 1.807) is 19.2 Å². The first-order chi connectivity index (χ1) is 11.6. The molecule has 2 amide bonds. The number of rotatable bonds is 5. The molecule has 1 atom stereocenters. The minimum atomic E-state index is -3.06. The summed E-state index contributed by atoms with van der Waals surface area (Å²) in [5.41, 5.74) is 1.63. The molecule has 1 saturated heterocycles. The number of hydrogen-bond acceptors (Lipinski definition) is 5. The molecule has 1 unspecified atom stereocenters. The molecule has 1 aliphatic rings. The fourth-order valence-corrected chi connectivity index (χ4v) is 4.62. The van der Waals surface area contributed by atoms with Crippen LogP contribution in [0.25, 0.3) is 0 Å². The second kappa shape index (κ2) is 7.43. The molecule has 138 valence electrons. The van der Waals surface area contributed by atoms with Gasteiger partial charge >= 0.3 is 0 Å². The van der Waals surface area contributed by atoms with E-state index in [-0.39, 0.29) is 35.9 Å². The molecule has 0 aromatic heterocycles. The zero-order valence-corrected chi connectivity index (χ0v) is 15.9. The maximum atomic E-state index is 12.5. The van der Waals surface area contributed by atoms with Crippen LogP contribution in [0.2, 0.25) is 0 Å². The van der Waals surface area contributed by atoms with Crippen LogP contribution in [0.3, 0.4) is 0 Å². The van der Waals surface area contributed by atoms with Crippen molar-refractivity contribution in [1.82, 2.24) is 4.90 Å². The van der Waals surface area contributed by atoms with Crippen LogP contribution in [0.15, 0.2) is 24.3 Å². The Morgan fingerprint density at radius 3 is 2.08 bits per heavy atom. The van der Waals surface area contributed by atoms with E-state index in [9.17, 15) is 18.0 Å². The quantitative estimate of drug-likeness (QED) is 0.767. The van der Waals surface area contributed by atoms with Gasteiger partial charge in [0.15, 0.2) is 9.84 Å². The smallest absolute Gasteiger partial charge is 0.242 e. The molecule has 1 fully saturated rings. The highest BCUT2D eigenvalue weighted by molar-refractivity contribution is 7.91. The molecule has 0 spiro atoms. The van der Waals surface area contributed by atoms with Crippen molar-refractivity contribution < 1.29 is 18.0 Å². The lowest BCUT2D eigenvalue weighted by Gasteiger charge is -2.28. The molecule has 1 aromatic carbocycles. The van der Waals surface area contributed by atoms with E-state index >= 15 is 0 Å². The normalized spacial score (nSPS) is 18.6. The van der Waals surface area contributed by atoms with E-state index in [0.717, 1.165) is 5.69 Å². The van der Waals surface area contributed by atoms with E-state index in [0.29, 0.717) is 12.1 Å². The molecule has 1 aromatic rings. The zero-order valence-electron chi connectivity index (χ0n) is 15.1. The Hall–Kier alpha value is -2.09. The molecule has 2 rings (SSSR count). The van der Waals surface area contributed by atoms with Crippen LogP contribution in [-0.2, 0) is 19.4 Å². The number of carbonyl (C=O) groups excluding carboxylic acids is 2. The van der Waals surface area contributed by atoms with Crippen molar-refractivity contribution in [3.8, 4) is 0 Å². The standard InChI is InChI=1S/C17H25N3O4S/c1-13(21)20(15-7-5-14(6-8-15)18(2)3)11-17(22)19(4)16-9-10-25(23,24)12-16/h5-8,16H,9-12H2,1-4H3.